The number of β-amino-alcohol motifs (C(OH)–C–C–N with tert-alkyl or cyclic N) is 1. The summed E-state index contributed by atoms with van der Waals surface area (Å²) in [6.45, 7) is 1.55. The molecule has 5 nitrogen and oxygen atoms in total. The van der Waals surface area contributed by atoms with E-state index in [1.807, 2.05) is 72.6 Å². The molecule has 0 radical (unpaired) electrons. The Balaban J connectivity index is 1.19. The number of aliphatic hydroxyl groups excluding tert-OH is 1. The number of nitrogens with zero attached hydrogens (tertiary/aromatic N) is 2. The first kappa shape index (κ1) is 24.5. The molecule has 2 aliphatic heterocycles. The number of aliphatic hydroxyl groups is 1. The molecule has 39 heavy (non-hydrogen) atoms. The molecule has 1 spiro atoms. The third kappa shape index (κ3) is 3.89. The second-order valence-electron chi connectivity index (χ2n) is 11.6. The van der Waals surface area contributed by atoms with Gasteiger partial charge in [-0.15, -0.1) is 0 Å². The SMILES string of the molecule is CN(C(=O)C#Cc1ccccc1)[C@H]1CC[C@H]2[C@H]3Cc4cccc5c4[C@@]2(CCN3CC(O)c2ccccc2)[C@H]1O5. The predicted octanol–water partition coefficient (Wildman–Crippen LogP) is 4.34. The molecule has 2 heterocycles. The van der Waals surface area contributed by atoms with Gasteiger partial charge in [0.25, 0.3) is 5.91 Å². The zero-order chi connectivity index (χ0) is 26.6. The Labute approximate surface area is 230 Å². The zero-order valence-electron chi connectivity index (χ0n) is 22.3. The van der Waals surface area contributed by atoms with E-state index in [2.05, 4.69) is 34.9 Å². The molecule has 2 bridgehead atoms. The normalized spacial score (nSPS) is 28.9. The third-order valence-electron chi connectivity index (χ3n) is 9.80. The lowest BCUT2D eigenvalue weighted by atomic mass is 9.51. The first-order valence-corrected chi connectivity index (χ1v) is 14.2. The zero-order valence-corrected chi connectivity index (χ0v) is 22.3. The standard InChI is InChI=1S/C34H34N2O3/c1-35(31(38)18-15-23-9-4-2-5-10-23)27-17-16-26-28-21-25-13-8-14-30-32(25)34(26,33(27)39-30)19-20-36(28)22-29(37)24-11-6-3-7-12-24/h2-14,26-29,33,37H,16-17,19-22H2,1H3/t26-,27-,28+,29?,33-,34-/m0/s1. The minimum Gasteiger partial charge on any atom is -0.487 e. The van der Waals surface area contributed by atoms with Gasteiger partial charge >= 0.3 is 0 Å². The van der Waals surface area contributed by atoms with E-state index in [1.54, 1.807) is 0 Å². The molecule has 2 fully saturated rings. The predicted molar refractivity (Wildman–Crippen MR) is 150 cm³/mol. The van der Waals surface area contributed by atoms with Crippen molar-refractivity contribution in [3.8, 4) is 17.6 Å². The molecule has 1 amide bonds. The van der Waals surface area contributed by atoms with Gasteiger partial charge in [-0.1, -0.05) is 66.6 Å². The molecular weight excluding hydrogens is 484 g/mol. The van der Waals surface area contributed by atoms with Gasteiger partial charge in [0, 0.05) is 42.1 Å². The lowest BCUT2D eigenvalue weighted by Crippen LogP contribution is -2.69. The van der Waals surface area contributed by atoms with Gasteiger partial charge in [-0.25, -0.2) is 0 Å². The fraction of sp³-hybridized carbons (Fsp3) is 0.382. The fourth-order valence-electron chi connectivity index (χ4n) is 8.08. The number of rotatable bonds is 4. The van der Waals surface area contributed by atoms with Gasteiger partial charge in [-0.3, -0.25) is 9.69 Å². The molecule has 1 saturated carbocycles. The van der Waals surface area contributed by atoms with Crippen molar-refractivity contribution < 1.29 is 14.6 Å². The molecule has 5 heteroatoms. The quantitative estimate of drug-likeness (QED) is 0.523. The van der Waals surface area contributed by atoms with Crippen LogP contribution in [-0.2, 0) is 16.6 Å². The van der Waals surface area contributed by atoms with Crippen LogP contribution in [0.15, 0.2) is 78.9 Å². The van der Waals surface area contributed by atoms with E-state index in [0.29, 0.717) is 18.5 Å². The van der Waals surface area contributed by atoms with E-state index in [4.69, 9.17) is 4.74 Å². The van der Waals surface area contributed by atoms with Crippen LogP contribution in [0, 0.1) is 17.8 Å². The summed E-state index contributed by atoms with van der Waals surface area (Å²) in [7, 11) is 1.89. The number of ether oxygens (including phenoxy) is 1. The first-order chi connectivity index (χ1) is 19.1. The molecule has 6 atom stereocenters. The van der Waals surface area contributed by atoms with Gasteiger partial charge < -0.3 is 14.7 Å². The molecule has 3 aromatic rings. The Bertz CT molecular complexity index is 1450. The van der Waals surface area contributed by atoms with Gasteiger partial charge in [-0.05, 0) is 67.5 Å². The van der Waals surface area contributed by atoms with Gasteiger partial charge in [-0.2, -0.15) is 0 Å². The second-order valence-corrected chi connectivity index (χ2v) is 11.6. The number of amides is 1. The summed E-state index contributed by atoms with van der Waals surface area (Å²) in [5.74, 6) is 7.19. The number of benzene rings is 3. The van der Waals surface area contributed by atoms with Crippen LogP contribution in [0.4, 0.5) is 0 Å². The minimum atomic E-state index is -0.508. The van der Waals surface area contributed by atoms with Gasteiger partial charge in [0.1, 0.15) is 11.9 Å². The van der Waals surface area contributed by atoms with Crippen molar-refractivity contribution in [3.05, 3.63) is 101 Å². The highest BCUT2D eigenvalue weighted by Crippen LogP contribution is 2.62. The second kappa shape index (κ2) is 9.55. The largest absolute Gasteiger partial charge is 0.487 e. The lowest BCUT2D eigenvalue weighted by molar-refractivity contribution is -0.134. The van der Waals surface area contributed by atoms with Crippen molar-refractivity contribution in [2.45, 2.75) is 55.4 Å². The number of likely N-dealkylation sites (tertiary alicyclic amines) is 1. The van der Waals surface area contributed by atoms with Crippen molar-refractivity contribution in [1.82, 2.24) is 9.80 Å². The molecule has 1 N–H and O–H groups in total. The summed E-state index contributed by atoms with van der Waals surface area (Å²) in [5.41, 5.74) is 4.47. The van der Waals surface area contributed by atoms with Crippen LogP contribution >= 0.6 is 0 Å². The Morgan fingerprint density at radius 1 is 1.08 bits per heavy atom. The third-order valence-corrected chi connectivity index (χ3v) is 9.80. The minimum absolute atomic E-state index is 0.0284. The van der Waals surface area contributed by atoms with E-state index >= 15 is 0 Å². The number of hydrogen-bond donors (Lipinski definition) is 1. The average molecular weight is 519 g/mol. The van der Waals surface area contributed by atoms with Gasteiger partial charge in [0.15, 0.2) is 0 Å². The van der Waals surface area contributed by atoms with Crippen molar-refractivity contribution in [2.24, 2.45) is 5.92 Å². The van der Waals surface area contributed by atoms with Crippen LogP contribution < -0.4 is 4.74 Å². The molecule has 3 aromatic carbocycles. The fourth-order valence-corrected chi connectivity index (χ4v) is 8.08. The number of piperidine rings is 1. The summed E-state index contributed by atoms with van der Waals surface area (Å²) >= 11 is 0. The summed E-state index contributed by atoms with van der Waals surface area (Å²) < 4.78 is 6.80. The Kier molecular flexibility index (Phi) is 5.99. The summed E-state index contributed by atoms with van der Waals surface area (Å²) in [6, 6.07) is 26.5. The highest BCUT2D eigenvalue weighted by atomic mass is 16.5. The number of carbonyl (C=O) groups is 1. The van der Waals surface area contributed by atoms with Gasteiger partial charge in [0.2, 0.25) is 0 Å². The Morgan fingerprint density at radius 3 is 2.64 bits per heavy atom. The topological polar surface area (TPSA) is 53.0 Å². The van der Waals surface area contributed by atoms with Crippen LogP contribution in [0.2, 0.25) is 0 Å². The average Bonchev–Trinajstić information content (AvgIpc) is 3.32. The van der Waals surface area contributed by atoms with Crippen LogP contribution in [0.3, 0.4) is 0 Å². The van der Waals surface area contributed by atoms with Crippen LogP contribution in [-0.4, -0.2) is 59.1 Å². The maximum atomic E-state index is 13.3. The van der Waals surface area contributed by atoms with Crippen LogP contribution in [0.5, 0.6) is 5.75 Å². The summed E-state index contributed by atoms with van der Waals surface area (Å²) in [5, 5.41) is 11.1. The lowest BCUT2D eigenvalue weighted by Gasteiger charge is -2.60. The van der Waals surface area contributed by atoms with Crippen molar-refractivity contribution in [2.75, 3.05) is 20.1 Å². The highest BCUT2D eigenvalue weighted by molar-refractivity contribution is 5.94. The van der Waals surface area contributed by atoms with Crippen LogP contribution in [0.25, 0.3) is 0 Å². The van der Waals surface area contributed by atoms with E-state index in [1.165, 1.54) is 11.1 Å². The van der Waals surface area contributed by atoms with Crippen LogP contribution in [0.1, 0.15) is 47.6 Å². The number of hydrogen-bond acceptors (Lipinski definition) is 4. The Hall–Kier alpha value is -3.59. The van der Waals surface area contributed by atoms with E-state index in [0.717, 1.165) is 49.1 Å². The maximum Gasteiger partial charge on any atom is 0.298 e. The van der Waals surface area contributed by atoms with Gasteiger partial charge in [0.05, 0.1) is 12.1 Å². The molecule has 1 saturated heterocycles. The molecule has 1 unspecified atom stereocenters. The maximum absolute atomic E-state index is 13.3. The Morgan fingerprint density at radius 2 is 1.85 bits per heavy atom. The number of carbonyl (C=O) groups excluding carboxylic acids is 1. The van der Waals surface area contributed by atoms with Crippen molar-refractivity contribution in [3.63, 3.8) is 0 Å². The smallest absolute Gasteiger partial charge is 0.298 e. The van der Waals surface area contributed by atoms with Crippen molar-refractivity contribution in [1.29, 1.82) is 0 Å². The van der Waals surface area contributed by atoms with Crippen molar-refractivity contribution >= 4 is 5.91 Å². The number of likely N-dealkylation sites (N-methyl/N-ethyl adjacent to an activating group) is 1. The first-order valence-electron chi connectivity index (χ1n) is 14.2. The summed E-state index contributed by atoms with van der Waals surface area (Å²) in [6.07, 6.45) is 3.29. The molecule has 198 valence electrons. The van der Waals surface area contributed by atoms with E-state index in [9.17, 15) is 9.90 Å². The molecule has 4 aliphatic rings. The highest BCUT2D eigenvalue weighted by Gasteiger charge is 2.66. The molecular formula is C34H34N2O3. The molecule has 7 rings (SSSR count). The molecule has 0 aromatic heterocycles. The van der Waals surface area contributed by atoms with E-state index in [-0.39, 0.29) is 23.5 Å². The van der Waals surface area contributed by atoms with E-state index < -0.39 is 6.10 Å². The summed E-state index contributed by atoms with van der Waals surface area (Å²) in [4.78, 5) is 17.6. The molecule has 2 aliphatic carbocycles. The monoisotopic (exact) mass is 518 g/mol.